The van der Waals surface area contributed by atoms with Gasteiger partial charge < -0.3 is 4.74 Å². The molecular weight excluding hydrogens is 310 g/mol. The number of benzene rings is 3. The van der Waals surface area contributed by atoms with E-state index in [9.17, 15) is 4.79 Å². The van der Waals surface area contributed by atoms with Gasteiger partial charge in [-0.1, -0.05) is 66.7 Å². The fourth-order valence-electron chi connectivity index (χ4n) is 3.62. The summed E-state index contributed by atoms with van der Waals surface area (Å²) in [5.41, 5.74) is 5.43. The van der Waals surface area contributed by atoms with Gasteiger partial charge in [0.25, 0.3) is 0 Å². The van der Waals surface area contributed by atoms with Crippen LogP contribution in [-0.2, 0) is 4.74 Å². The van der Waals surface area contributed by atoms with Crippen LogP contribution in [0.2, 0.25) is 0 Å². The van der Waals surface area contributed by atoms with E-state index in [-0.39, 0.29) is 11.8 Å². The predicted octanol–water partition coefficient (Wildman–Crippen LogP) is 4.42. The maximum atomic E-state index is 12.7. The van der Waals surface area contributed by atoms with Crippen molar-refractivity contribution >= 4 is 11.7 Å². The van der Waals surface area contributed by atoms with Crippen molar-refractivity contribution in [3.63, 3.8) is 0 Å². The van der Waals surface area contributed by atoms with Gasteiger partial charge in [0.2, 0.25) is 5.90 Å². The zero-order chi connectivity index (χ0) is 16.8. The van der Waals surface area contributed by atoms with Crippen molar-refractivity contribution in [1.82, 2.24) is 0 Å². The van der Waals surface area contributed by atoms with Crippen molar-refractivity contribution in [1.29, 1.82) is 0 Å². The number of rotatable bonds is 2. The first-order valence-corrected chi connectivity index (χ1v) is 8.36. The summed E-state index contributed by atoms with van der Waals surface area (Å²) in [7, 11) is 0. The van der Waals surface area contributed by atoms with Crippen LogP contribution in [0.5, 0.6) is 0 Å². The lowest BCUT2D eigenvalue weighted by molar-refractivity contribution is 0.104. The fourth-order valence-corrected chi connectivity index (χ4v) is 3.62. The van der Waals surface area contributed by atoms with Gasteiger partial charge in [-0.15, -0.1) is 0 Å². The first kappa shape index (κ1) is 14.2. The molecule has 0 fully saturated rings. The Morgan fingerprint density at radius 3 is 2.28 bits per heavy atom. The number of ether oxygens (including phenoxy) is 1. The van der Waals surface area contributed by atoms with Gasteiger partial charge in [-0.3, -0.25) is 4.79 Å². The number of hydrogen-bond donors (Lipinski definition) is 0. The minimum atomic E-state index is -0.000551. The van der Waals surface area contributed by atoms with Gasteiger partial charge in [0.1, 0.15) is 12.6 Å². The van der Waals surface area contributed by atoms with Crippen LogP contribution in [0.15, 0.2) is 77.8 Å². The highest BCUT2D eigenvalue weighted by atomic mass is 16.5. The Morgan fingerprint density at radius 1 is 0.760 bits per heavy atom. The third-order valence-corrected chi connectivity index (χ3v) is 4.82. The minimum absolute atomic E-state index is 0.000551. The maximum absolute atomic E-state index is 12.7. The van der Waals surface area contributed by atoms with E-state index in [0.29, 0.717) is 12.5 Å². The Kier molecular flexibility index (Phi) is 3.07. The maximum Gasteiger partial charge on any atom is 0.217 e. The van der Waals surface area contributed by atoms with Crippen LogP contribution in [0.1, 0.15) is 33.1 Å². The number of ketones is 1. The van der Waals surface area contributed by atoms with E-state index in [1.165, 1.54) is 0 Å². The first-order valence-electron chi connectivity index (χ1n) is 8.36. The molecule has 0 amide bonds. The standard InChI is InChI=1S/C22H15NO2/c24-21-16-10-5-4-9-15(16)20-17(21)11-6-12-18(20)22-23-19(13-25-22)14-7-2-1-3-8-14/h1-12,19H,13H2. The van der Waals surface area contributed by atoms with Crippen molar-refractivity contribution in [3.05, 3.63) is 95.1 Å². The third-order valence-electron chi connectivity index (χ3n) is 4.82. The van der Waals surface area contributed by atoms with E-state index < -0.39 is 0 Å². The van der Waals surface area contributed by atoms with Gasteiger partial charge in [0.15, 0.2) is 5.78 Å². The number of nitrogens with zero attached hydrogens (tertiary/aromatic N) is 1. The van der Waals surface area contributed by atoms with Gasteiger partial charge in [-0.25, -0.2) is 4.99 Å². The Morgan fingerprint density at radius 2 is 1.44 bits per heavy atom. The Hall–Kier alpha value is -3.20. The molecule has 0 saturated heterocycles. The second-order valence-electron chi connectivity index (χ2n) is 6.27. The third kappa shape index (κ3) is 2.13. The quantitative estimate of drug-likeness (QED) is 0.547. The van der Waals surface area contributed by atoms with E-state index in [2.05, 4.69) is 12.1 Å². The molecule has 0 saturated carbocycles. The number of aliphatic imine (C=N–C) groups is 1. The number of carbonyl (C=O) groups excluding carboxylic acids is 1. The van der Waals surface area contributed by atoms with Crippen molar-refractivity contribution in [2.45, 2.75) is 6.04 Å². The molecule has 0 radical (unpaired) electrons. The topological polar surface area (TPSA) is 38.7 Å². The lowest BCUT2D eigenvalue weighted by atomic mass is 9.99. The van der Waals surface area contributed by atoms with E-state index >= 15 is 0 Å². The molecule has 3 nitrogen and oxygen atoms in total. The van der Waals surface area contributed by atoms with Crippen molar-refractivity contribution in [3.8, 4) is 11.1 Å². The SMILES string of the molecule is O=C1c2ccccc2-c2c1cccc2C1=NC(c2ccccc2)CO1. The van der Waals surface area contributed by atoms with E-state index in [4.69, 9.17) is 9.73 Å². The monoisotopic (exact) mass is 325 g/mol. The number of carbonyl (C=O) groups is 1. The van der Waals surface area contributed by atoms with Gasteiger partial charge >= 0.3 is 0 Å². The van der Waals surface area contributed by atoms with Gasteiger partial charge in [0.05, 0.1) is 0 Å². The molecule has 2 aliphatic rings. The smallest absolute Gasteiger partial charge is 0.217 e. The Bertz CT molecular complexity index is 1020. The minimum Gasteiger partial charge on any atom is -0.475 e. The summed E-state index contributed by atoms with van der Waals surface area (Å²) in [6.07, 6.45) is 0. The first-order chi connectivity index (χ1) is 12.3. The van der Waals surface area contributed by atoms with Crippen molar-refractivity contribution in [2.75, 3.05) is 6.61 Å². The van der Waals surface area contributed by atoms with Gasteiger partial charge in [-0.2, -0.15) is 0 Å². The highest BCUT2D eigenvalue weighted by Gasteiger charge is 2.31. The summed E-state index contributed by atoms with van der Waals surface area (Å²) >= 11 is 0. The molecule has 0 aromatic heterocycles. The van der Waals surface area contributed by atoms with Crippen molar-refractivity contribution in [2.24, 2.45) is 4.99 Å². The van der Waals surface area contributed by atoms with Gasteiger partial charge in [0, 0.05) is 22.3 Å². The lowest BCUT2D eigenvalue weighted by Crippen LogP contribution is -2.04. The van der Waals surface area contributed by atoms with Crippen LogP contribution in [0.25, 0.3) is 11.1 Å². The molecule has 3 aromatic rings. The second kappa shape index (κ2) is 5.42. The molecule has 1 atom stereocenters. The Balaban J connectivity index is 1.63. The van der Waals surface area contributed by atoms with Crippen LogP contribution in [-0.4, -0.2) is 18.3 Å². The molecule has 5 rings (SSSR count). The van der Waals surface area contributed by atoms with E-state index in [1.54, 1.807) is 0 Å². The molecule has 0 spiro atoms. The molecule has 1 unspecified atom stereocenters. The van der Waals surface area contributed by atoms with Crippen LogP contribution in [0.3, 0.4) is 0 Å². The fraction of sp³-hybridized carbons (Fsp3) is 0.0909. The second-order valence-corrected chi connectivity index (χ2v) is 6.27. The number of fused-ring (bicyclic) bond motifs is 3. The Labute approximate surface area is 145 Å². The van der Waals surface area contributed by atoms with Crippen LogP contribution in [0.4, 0.5) is 0 Å². The van der Waals surface area contributed by atoms with E-state index in [1.807, 2.05) is 60.7 Å². The zero-order valence-corrected chi connectivity index (χ0v) is 13.5. The summed E-state index contributed by atoms with van der Waals surface area (Å²) in [5.74, 6) is 0.695. The molecular formula is C22H15NO2. The zero-order valence-electron chi connectivity index (χ0n) is 13.5. The number of hydrogen-bond acceptors (Lipinski definition) is 3. The van der Waals surface area contributed by atoms with Crippen molar-refractivity contribution < 1.29 is 9.53 Å². The summed E-state index contributed by atoms with van der Waals surface area (Å²) in [4.78, 5) is 17.4. The van der Waals surface area contributed by atoms with Crippen LogP contribution < -0.4 is 0 Å². The molecule has 0 bridgehead atoms. The van der Waals surface area contributed by atoms with E-state index in [0.717, 1.165) is 33.4 Å². The summed E-state index contributed by atoms with van der Waals surface area (Å²) in [5, 5.41) is 0. The predicted molar refractivity (Wildman–Crippen MR) is 97.0 cm³/mol. The molecule has 0 N–H and O–H groups in total. The molecule has 3 aromatic carbocycles. The molecule has 120 valence electrons. The normalized spacial score (nSPS) is 17.7. The molecule has 1 aliphatic carbocycles. The molecule has 1 heterocycles. The largest absolute Gasteiger partial charge is 0.475 e. The van der Waals surface area contributed by atoms with Crippen LogP contribution >= 0.6 is 0 Å². The highest BCUT2D eigenvalue weighted by Crippen LogP contribution is 2.40. The summed E-state index contributed by atoms with van der Waals surface area (Å²) in [6.45, 7) is 0.526. The molecule has 1 aliphatic heterocycles. The van der Waals surface area contributed by atoms with Crippen LogP contribution in [0, 0.1) is 0 Å². The average Bonchev–Trinajstić information content (AvgIpc) is 3.27. The summed E-state index contributed by atoms with van der Waals surface area (Å²) < 4.78 is 5.92. The lowest BCUT2D eigenvalue weighted by Gasteiger charge is -2.08. The average molecular weight is 325 g/mol. The molecule has 25 heavy (non-hydrogen) atoms. The molecule has 3 heteroatoms. The van der Waals surface area contributed by atoms with Gasteiger partial charge in [-0.05, 0) is 17.2 Å². The highest BCUT2D eigenvalue weighted by molar-refractivity contribution is 6.24. The summed E-state index contributed by atoms with van der Waals surface area (Å²) in [6, 6.07) is 23.7.